The number of rotatable bonds is 11. The summed E-state index contributed by atoms with van der Waals surface area (Å²) in [5, 5.41) is 12.5. The molecule has 0 bridgehead atoms. The fourth-order valence-electron chi connectivity index (χ4n) is 8.33. The van der Waals surface area contributed by atoms with Crippen LogP contribution in [-0.4, -0.2) is 59.9 Å². The zero-order chi connectivity index (χ0) is 37.7. The van der Waals surface area contributed by atoms with Gasteiger partial charge in [-0.2, -0.15) is 0 Å². The predicted molar refractivity (Wildman–Crippen MR) is 209 cm³/mol. The lowest BCUT2D eigenvalue weighted by Crippen LogP contribution is -2.54. The summed E-state index contributed by atoms with van der Waals surface area (Å²) in [5.74, 6) is -0.139. The van der Waals surface area contributed by atoms with Crippen LogP contribution in [0.25, 0.3) is 0 Å². The van der Waals surface area contributed by atoms with Gasteiger partial charge in [0.15, 0.2) is 0 Å². The number of fused-ring (bicyclic) bond motifs is 2. The largest absolute Gasteiger partial charge is 0.445 e. The number of carbonyl (C=O) groups is 4. The number of amides is 4. The normalized spacial score (nSPS) is 22.1. The minimum atomic E-state index is -0.711. The van der Waals surface area contributed by atoms with Crippen LogP contribution in [0.1, 0.15) is 117 Å². The monoisotopic (exact) mass is 735 g/mol. The second-order valence-corrected chi connectivity index (χ2v) is 15.0. The minimum absolute atomic E-state index is 0.0259. The summed E-state index contributed by atoms with van der Waals surface area (Å²) in [6, 6.07) is 25.2. The van der Waals surface area contributed by atoms with E-state index in [0.29, 0.717) is 19.4 Å². The maximum atomic E-state index is 13.5. The van der Waals surface area contributed by atoms with E-state index in [1.807, 2.05) is 49.4 Å². The molecule has 0 saturated carbocycles. The molecule has 288 valence electrons. The van der Waals surface area contributed by atoms with Crippen LogP contribution in [0.15, 0.2) is 78.9 Å². The number of ether oxygens (including phenoxy) is 1. The van der Waals surface area contributed by atoms with Crippen molar-refractivity contribution < 1.29 is 23.9 Å². The molecule has 0 spiro atoms. The van der Waals surface area contributed by atoms with Gasteiger partial charge in [0.2, 0.25) is 17.7 Å². The van der Waals surface area contributed by atoms with Gasteiger partial charge in [-0.3, -0.25) is 14.4 Å². The summed E-state index contributed by atoms with van der Waals surface area (Å²) in [6.45, 7) is 3.67. The first kappa shape index (κ1) is 39.0. The minimum Gasteiger partial charge on any atom is -0.445 e. The smallest absolute Gasteiger partial charge is 0.408 e. The fraction of sp³-hybridized carbons (Fsp3) is 0.500. The number of nitrogens with zero attached hydrogens (tertiary/aromatic N) is 1. The van der Waals surface area contributed by atoms with Gasteiger partial charge < -0.3 is 30.9 Å². The summed E-state index contributed by atoms with van der Waals surface area (Å²) in [7, 11) is 0. The molecule has 4 N–H and O–H groups in total. The number of carbonyl (C=O) groups excluding carboxylic acids is 4. The molecule has 2 heterocycles. The van der Waals surface area contributed by atoms with Crippen molar-refractivity contribution in [1.29, 1.82) is 0 Å². The standard InChI is InChI=1S/C29H37N3O4.C15H20N2O/c1-2-3-16-25(31-29(35)36-20-21-11-5-4-6-12-21)28(34)32-19-10-18-26(32)27(33)30-24-17-9-14-22-13-7-8-15-23(22)24;18-15(14-9-4-10-16-14)17-13-8-3-6-11-5-1-2-7-12(11)13/h4-8,11-13,15,24-26H,2-3,9-10,14,16-20H2,1H3,(H,30,33)(H,31,35);1-2,5,7,13-14,16H,3-4,6,8-10H2,(H,17,18)/t24-,25+,26+;13-,14+/m11/s1. The Labute approximate surface area is 320 Å². The van der Waals surface area contributed by atoms with Crippen LogP contribution in [0.5, 0.6) is 0 Å². The summed E-state index contributed by atoms with van der Waals surface area (Å²) >= 11 is 0. The van der Waals surface area contributed by atoms with Crippen LogP contribution in [0.4, 0.5) is 4.79 Å². The Morgan fingerprint density at radius 2 is 1.39 bits per heavy atom. The zero-order valence-electron chi connectivity index (χ0n) is 31.7. The average Bonchev–Trinajstić information content (AvgIpc) is 3.94. The summed E-state index contributed by atoms with van der Waals surface area (Å²) < 4.78 is 5.36. The van der Waals surface area contributed by atoms with Crippen molar-refractivity contribution in [3.63, 3.8) is 0 Å². The van der Waals surface area contributed by atoms with Crippen molar-refractivity contribution in [1.82, 2.24) is 26.2 Å². The first-order valence-corrected chi connectivity index (χ1v) is 20.2. The number of likely N-dealkylation sites (tertiary alicyclic amines) is 1. The Bertz CT molecular complexity index is 1710. The van der Waals surface area contributed by atoms with Crippen molar-refractivity contribution in [3.05, 3.63) is 107 Å². The van der Waals surface area contributed by atoms with E-state index in [-0.39, 0.29) is 42.5 Å². The summed E-state index contributed by atoms with van der Waals surface area (Å²) in [6.07, 6.45) is 11.4. The van der Waals surface area contributed by atoms with Gasteiger partial charge in [0.05, 0.1) is 18.1 Å². The lowest BCUT2D eigenvalue weighted by Gasteiger charge is -2.31. The number of alkyl carbamates (subject to hydrolysis) is 1. The maximum absolute atomic E-state index is 13.5. The van der Waals surface area contributed by atoms with Crippen LogP contribution < -0.4 is 21.3 Å². The highest BCUT2D eigenvalue weighted by Gasteiger charge is 2.38. The summed E-state index contributed by atoms with van der Waals surface area (Å²) in [5.41, 5.74) is 6.05. The third-order valence-corrected chi connectivity index (χ3v) is 11.2. The lowest BCUT2D eigenvalue weighted by molar-refractivity contribution is -0.140. The van der Waals surface area contributed by atoms with Gasteiger partial charge in [0.1, 0.15) is 18.7 Å². The van der Waals surface area contributed by atoms with E-state index in [0.717, 1.165) is 76.3 Å². The van der Waals surface area contributed by atoms with Crippen molar-refractivity contribution in [2.24, 2.45) is 0 Å². The number of nitrogens with one attached hydrogen (secondary N) is 4. The topological polar surface area (TPSA) is 129 Å². The molecule has 4 amide bonds. The molecule has 0 aromatic heterocycles. The quantitative estimate of drug-likeness (QED) is 0.176. The molecule has 2 saturated heterocycles. The van der Waals surface area contributed by atoms with Crippen LogP contribution in [0, 0.1) is 0 Å². The Hall–Kier alpha value is -4.70. The van der Waals surface area contributed by atoms with Gasteiger partial charge in [-0.05, 0) is 105 Å². The molecule has 3 aromatic carbocycles. The zero-order valence-corrected chi connectivity index (χ0v) is 31.7. The van der Waals surface area contributed by atoms with Crippen molar-refractivity contribution in [3.8, 4) is 0 Å². The number of hydrogen-bond acceptors (Lipinski definition) is 6. The van der Waals surface area contributed by atoms with Gasteiger partial charge in [-0.1, -0.05) is 98.6 Å². The Morgan fingerprint density at radius 1 is 0.759 bits per heavy atom. The van der Waals surface area contributed by atoms with Crippen molar-refractivity contribution >= 4 is 23.8 Å². The lowest BCUT2D eigenvalue weighted by atomic mass is 9.87. The van der Waals surface area contributed by atoms with Gasteiger partial charge in [0, 0.05) is 6.54 Å². The number of unbranched alkanes of at least 4 members (excludes halogenated alkanes) is 1. The van der Waals surface area contributed by atoms with Gasteiger partial charge >= 0.3 is 6.09 Å². The van der Waals surface area contributed by atoms with E-state index in [9.17, 15) is 19.2 Å². The van der Waals surface area contributed by atoms with E-state index in [1.165, 1.54) is 28.7 Å². The molecule has 7 rings (SSSR count). The molecular formula is C44H57N5O5. The second-order valence-electron chi connectivity index (χ2n) is 15.0. The highest BCUT2D eigenvalue weighted by Crippen LogP contribution is 2.31. The molecule has 2 aliphatic heterocycles. The van der Waals surface area contributed by atoms with Crippen LogP contribution in [-0.2, 0) is 38.6 Å². The molecule has 0 unspecified atom stereocenters. The van der Waals surface area contributed by atoms with Crippen LogP contribution >= 0.6 is 0 Å². The number of aryl methyl sites for hydroxylation is 2. The third kappa shape index (κ3) is 10.3. The molecule has 54 heavy (non-hydrogen) atoms. The molecule has 2 fully saturated rings. The Kier molecular flexibility index (Phi) is 14.1. The van der Waals surface area contributed by atoms with Crippen molar-refractivity contribution in [2.45, 2.75) is 127 Å². The molecular weight excluding hydrogens is 679 g/mol. The van der Waals surface area contributed by atoms with E-state index in [2.05, 4.69) is 57.7 Å². The molecule has 10 heteroatoms. The van der Waals surface area contributed by atoms with Crippen LogP contribution in [0.3, 0.4) is 0 Å². The van der Waals surface area contributed by atoms with Crippen LogP contribution in [0.2, 0.25) is 0 Å². The average molecular weight is 736 g/mol. The predicted octanol–water partition coefficient (Wildman–Crippen LogP) is 6.59. The maximum Gasteiger partial charge on any atom is 0.408 e. The molecule has 0 radical (unpaired) electrons. The first-order chi connectivity index (χ1) is 26.4. The first-order valence-electron chi connectivity index (χ1n) is 20.2. The fourth-order valence-corrected chi connectivity index (χ4v) is 8.33. The van der Waals surface area contributed by atoms with E-state index in [4.69, 9.17) is 4.74 Å². The Balaban J connectivity index is 0.000000229. The SMILES string of the molecule is CCCC[C@H](NC(=O)OCc1ccccc1)C(=O)N1CCC[C@H]1C(=O)N[C@@H]1CCCc2ccccc21.O=C(N[C@@H]1CCCc2ccccc21)[C@@H]1CCCN1. The van der Waals surface area contributed by atoms with E-state index < -0.39 is 18.2 Å². The van der Waals surface area contributed by atoms with Gasteiger partial charge in [-0.15, -0.1) is 0 Å². The van der Waals surface area contributed by atoms with E-state index in [1.54, 1.807) is 4.90 Å². The molecule has 3 aromatic rings. The molecule has 10 nitrogen and oxygen atoms in total. The third-order valence-electron chi connectivity index (χ3n) is 11.2. The highest BCUT2D eigenvalue weighted by molar-refractivity contribution is 5.92. The second kappa shape index (κ2) is 19.6. The van der Waals surface area contributed by atoms with Gasteiger partial charge in [-0.25, -0.2) is 4.79 Å². The van der Waals surface area contributed by atoms with Gasteiger partial charge in [0.25, 0.3) is 0 Å². The molecule has 4 aliphatic rings. The number of hydrogen-bond donors (Lipinski definition) is 4. The number of benzene rings is 3. The summed E-state index contributed by atoms with van der Waals surface area (Å²) in [4.78, 5) is 53.2. The molecule has 2 aliphatic carbocycles. The molecule has 5 atom stereocenters. The Morgan fingerprint density at radius 3 is 2.02 bits per heavy atom. The van der Waals surface area contributed by atoms with Crippen molar-refractivity contribution in [2.75, 3.05) is 13.1 Å². The highest BCUT2D eigenvalue weighted by atomic mass is 16.5. The van der Waals surface area contributed by atoms with E-state index >= 15 is 0 Å².